The van der Waals surface area contributed by atoms with Gasteiger partial charge in [-0.3, -0.25) is 4.79 Å². The van der Waals surface area contributed by atoms with Crippen LogP contribution in [0.2, 0.25) is 0 Å². The fourth-order valence-corrected chi connectivity index (χ4v) is 3.52. The predicted octanol–water partition coefficient (Wildman–Crippen LogP) is 1.52. The van der Waals surface area contributed by atoms with Crippen LogP contribution in [0.5, 0.6) is 0 Å². The molecule has 2 aromatic rings. The van der Waals surface area contributed by atoms with Crippen LogP contribution in [-0.4, -0.2) is 29.2 Å². The van der Waals surface area contributed by atoms with E-state index in [4.69, 9.17) is 0 Å². The minimum Gasteiger partial charge on any atom is -0.545 e. The summed E-state index contributed by atoms with van der Waals surface area (Å²) in [6.45, 7) is 0.686. The predicted molar refractivity (Wildman–Crippen MR) is 86.4 cm³/mol. The van der Waals surface area contributed by atoms with E-state index in [1.807, 2.05) is 24.3 Å². The molecule has 0 saturated heterocycles. The van der Waals surface area contributed by atoms with Gasteiger partial charge in [0.25, 0.3) is 0 Å². The van der Waals surface area contributed by atoms with Crippen molar-refractivity contribution in [3.63, 3.8) is 0 Å². The number of aromatic nitrogens is 1. The SMILES string of the molecule is O=C([O-])c1cccnc1SCC(=O)N1CCCc2ccccc21. The van der Waals surface area contributed by atoms with Gasteiger partial charge < -0.3 is 14.8 Å². The molecule has 1 amide bonds. The van der Waals surface area contributed by atoms with Crippen LogP contribution in [0, 0.1) is 0 Å². The van der Waals surface area contributed by atoms with Crippen molar-refractivity contribution in [1.29, 1.82) is 0 Å². The van der Waals surface area contributed by atoms with Crippen LogP contribution in [-0.2, 0) is 11.2 Å². The van der Waals surface area contributed by atoms with Crippen molar-refractivity contribution in [1.82, 2.24) is 4.98 Å². The number of para-hydroxylation sites is 1. The summed E-state index contributed by atoms with van der Waals surface area (Å²) in [6.07, 6.45) is 3.42. The van der Waals surface area contributed by atoms with E-state index < -0.39 is 5.97 Å². The van der Waals surface area contributed by atoms with Gasteiger partial charge in [0, 0.05) is 24.0 Å². The number of hydrogen-bond donors (Lipinski definition) is 0. The van der Waals surface area contributed by atoms with E-state index in [-0.39, 0.29) is 17.2 Å². The highest BCUT2D eigenvalue weighted by Gasteiger charge is 2.22. The van der Waals surface area contributed by atoms with Crippen LogP contribution in [0.15, 0.2) is 47.6 Å². The van der Waals surface area contributed by atoms with Gasteiger partial charge in [-0.1, -0.05) is 30.0 Å². The molecule has 5 nitrogen and oxygen atoms in total. The standard InChI is InChI=1S/C17H16N2O3S/c20-15(11-23-16-13(17(21)22)7-3-9-18-16)19-10-4-6-12-5-1-2-8-14(12)19/h1-3,5,7-9H,4,6,10-11H2,(H,21,22)/p-1. The fourth-order valence-electron chi connectivity index (χ4n) is 2.66. The van der Waals surface area contributed by atoms with Crippen molar-refractivity contribution in [2.75, 3.05) is 17.2 Å². The Morgan fingerprint density at radius 2 is 2.04 bits per heavy atom. The Morgan fingerprint density at radius 1 is 1.22 bits per heavy atom. The quantitative estimate of drug-likeness (QED) is 0.796. The monoisotopic (exact) mass is 327 g/mol. The van der Waals surface area contributed by atoms with Crippen LogP contribution < -0.4 is 10.0 Å². The highest BCUT2D eigenvalue weighted by molar-refractivity contribution is 8.00. The Morgan fingerprint density at radius 3 is 2.87 bits per heavy atom. The van der Waals surface area contributed by atoms with Gasteiger partial charge in [-0.25, -0.2) is 4.98 Å². The molecule has 0 atom stereocenters. The van der Waals surface area contributed by atoms with Gasteiger partial charge in [0.05, 0.1) is 11.7 Å². The zero-order valence-corrected chi connectivity index (χ0v) is 13.2. The summed E-state index contributed by atoms with van der Waals surface area (Å²) >= 11 is 1.13. The van der Waals surface area contributed by atoms with Gasteiger partial charge in [0.15, 0.2) is 0 Å². The number of carbonyl (C=O) groups excluding carboxylic acids is 2. The smallest absolute Gasteiger partial charge is 0.237 e. The van der Waals surface area contributed by atoms with Crippen LogP contribution in [0.3, 0.4) is 0 Å². The van der Waals surface area contributed by atoms with Crippen molar-refractivity contribution in [3.05, 3.63) is 53.7 Å². The van der Waals surface area contributed by atoms with Crippen LogP contribution in [0.4, 0.5) is 5.69 Å². The first kappa shape index (κ1) is 15.6. The third-order valence-electron chi connectivity index (χ3n) is 3.73. The maximum Gasteiger partial charge on any atom is 0.237 e. The van der Waals surface area contributed by atoms with E-state index in [9.17, 15) is 14.7 Å². The zero-order valence-electron chi connectivity index (χ0n) is 12.4. The second-order valence-corrected chi connectivity index (χ2v) is 6.17. The van der Waals surface area contributed by atoms with Crippen LogP contribution in [0.1, 0.15) is 22.3 Å². The third-order valence-corrected chi connectivity index (χ3v) is 4.72. The summed E-state index contributed by atoms with van der Waals surface area (Å²) in [7, 11) is 0. The largest absolute Gasteiger partial charge is 0.545 e. The molecule has 0 spiro atoms. The number of amides is 1. The number of aryl methyl sites for hydroxylation is 1. The van der Waals surface area contributed by atoms with Crippen molar-refractivity contribution in [2.24, 2.45) is 0 Å². The fraction of sp³-hybridized carbons (Fsp3) is 0.235. The lowest BCUT2D eigenvalue weighted by Gasteiger charge is -2.29. The molecule has 118 valence electrons. The first-order chi connectivity index (χ1) is 11.2. The summed E-state index contributed by atoms with van der Waals surface area (Å²) in [5.74, 6) is -1.18. The number of nitrogens with zero attached hydrogens (tertiary/aromatic N) is 2. The first-order valence-electron chi connectivity index (χ1n) is 7.34. The molecular weight excluding hydrogens is 312 g/mol. The maximum absolute atomic E-state index is 12.5. The summed E-state index contributed by atoms with van der Waals surface area (Å²) in [5.41, 5.74) is 2.14. The lowest BCUT2D eigenvalue weighted by Crippen LogP contribution is -2.36. The van der Waals surface area contributed by atoms with Gasteiger partial charge in [-0.2, -0.15) is 0 Å². The molecule has 1 aliphatic rings. The van der Waals surface area contributed by atoms with Gasteiger partial charge in [0.1, 0.15) is 5.03 Å². The Hall–Kier alpha value is -2.34. The zero-order chi connectivity index (χ0) is 16.2. The highest BCUT2D eigenvalue weighted by Crippen LogP contribution is 2.28. The Bertz CT molecular complexity index is 748. The summed E-state index contributed by atoms with van der Waals surface area (Å²) < 4.78 is 0. The van der Waals surface area contributed by atoms with Crippen LogP contribution >= 0.6 is 11.8 Å². The Kier molecular flexibility index (Phi) is 4.62. The van der Waals surface area contributed by atoms with E-state index in [0.29, 0.717) is 11.6 Å². The van der Waals surface area contributed by atoms with E-state index in [0.717, 1.165) is 30.3 Å². The normalized spacial score (nSPS) is 13.5. The maximum atomic E-state index is 12.5. The number of aromatic carboxylic acids is 1. The number of carbonyl (C=O) groups is 2. The summed E-state index contributed by atoms with van der Waals surface area (Å²) in [5, 5.41) is 11.4. The Balaban J connectivity index is 1.73. The van der Waals surface area contributed by atoms with E-state index >= 15 is 0 Å². The van der Waals surface area contributed by atoms with Gasteiger partial charge in [0.2, 0.25) is 5.91 Å². The number of pyridine rings is 1. The number of hydrogen-bond acceptors (Lipinski definition) is 5. The third kappa shape index (κ3) is 3.37. The minimum absolute atomic E-state index is 0.0179. The second kappa shape index (κ2) is 6.83. The summed E-state index contributed by atoms with van der Waals surface area (Å²) in [4.78, 5) is 29.4. The van der Waals surface area contributed by atoms with E-state index in [1.54, 1.807) is 4.90 Å². The number of rotatable bonds is 4. The molecule has 0 radical (unpaired) electrons. The molecule has 0 bridgehead atoms. The number of carboxylic acids is 1. The van der Waals surface area contributed by atoms with Gasteiger partial charge in [-0.15, -0.1) is 0 Å². The Labute approximate surface area is 138 Å². The molecule has 1 aromatic carbocycles. The van der Waals surface area contributed by atoms with E-state index in [2.05, 4.69) is 4.98 Å². The molecule has 0 saturated carbocycles. The molecule has 6 heteroatoms. The van der Waals surface area contributed by atoms with Crippen molar-refractivity contribution < 1.29 is 14.7 Å². The molecule has 0 unspecified atom stereocenters. The molecule has 2 heterocycles. The molecule has 0 fully saturated rings. The lowest BCUT2D eigenvalue weighted by molar-refractivity contribution is -0.255. The van der Waals surface area contributed by atoms with Crippen molar-refractivity contribution in [2.45, 2.75) is 17.9 Å². The number of fused-ring (bicyclic) bond motifs is 1. The molecular formula is C17H15N2O3S-. The lowest BCUT2D eigenvalue weighted by atomic mass is 10.0. The van der Waals surface area contributed by atoms with Gasteiger partial charge >= 0.3 is 0 Å². The number of thioether (sulfide) groups is 1. The summed E-state index contributed by atoms with van der Waals surface area (Å²) in [6, 6.07) is 10.9. The first-order valence-corrected chi connectivity index (χ1v) is 8.33. The average Bonchev–Trinajstić information content (AvgIpc) is 2.59. The topological polar surface area (TPSA) is 73.3 Å². The number of benzene rings is 1. The molecule has 0 aliphatic carbocycles. The number of carboxylic acid groups (broad SMARTS) is 1. The van der Waals surface area contributed by atoms with E-state index in [1.165, 1.54) is 23.9 Å². The number of anilines is 1. The minimum atomic E-state index is -1.28. The van der Waals surface area contributed by atoms with Crippen molar-refractivity contribution >= 4 is 29.3 Å². The van der Waals surface area contributed by atoms with Crippen molar-refractivity contribution in [3.8, 4) is 0 Å². The van der Waals surface area contributed by atoms with Crippen LogP contribution in [0.25, 0.3) is 0 Å². The molecule has 23 heavy (non-hydrogen) atoms. The molecule has 1 aromatic heterocycles. The molecule has 3 rings (SSSR count). The average molecular weight is 327 g/mol. The molecule has 0 N–H and O–H groups in total. The second-order valence-electron chi connectivity index (χ2n) is 5.21. The highest BCUT2D eigenvalue weighted by atomic mass is 32.2. The molecule has 1 aliphatic heterocycles. The van der Waals surface area contributed by atoms with Gasteiger partial charge in [-0.05, 0) is 36.6 Å².